The van der Waals surface area contributed by atoms with Crippen LogP contribution in [0.15, 0.2) is 42.7 Å². The summed E-state index contributed by atoms with van der Waals surface area (Å²) in [6.45, 7) is 3.80. The number of carbonyl (C=O) groups is 1. The number of benzene rings is 1. The largest absolute Gasteiger partial charge is 0.497 e. The summed E-state index contributed by atoms with van der Waals surface area (Å²) in [5, 5.41) is 3.36. The smallest absolute Gasteiger partial charge is 0.260 e. The molecular weight excluding hydrogens is 302 g/mol. The molecule has 1 aromatic heterocycles. The van der Waals surface area contributed by atoms with Crippen molar-refractivity contribution in [3.63, 3.8) is 0 Å². The monoisotopic (exact) mass is 325 g/mol. The molecule has 0 radical (unpaired) electrons. The summed E-state index contributed by atoms with van der Waals surface area (Å²) >= 11 is 0. The zero-order valence-corrected chi connectivity index (χ0v) is 14.2. The predicted molar refractivity (Wildman–Crippen MR) is 94.7 cm³/mol. The third kappa shape index (κ3) is 3.41. The van der Waals surface area contributed by atoms with Crippen LogP contribution in [0.3, 0.4) is 0 Å². The van der Waals surface area contributed by atoms with Crippen molar-refractivity contribution in [2.45, 2.75) is 25.8 Å². The van der Waals surface area contributed by atoms with Crippen molar-refractivity contribution in [1.82, 2.24) is 10.3 Å². The molecule has 0 saturated carbocycles. The van der Waals surface area contributed by atoms with Gasteiger partial charge in [0.05, 0.1) is 12.7 Å². The zero-order chi connectivity index (χ0) is 16.9. The van der Waals surface area contributed by atoms with E-state index in [1.54, 1.807) is 19.5 Å². The first-order valence-electron chi connectivity index (χ1n) is 8.29. The zero-order valence-electron chi connectivity index (χ0n) is 14.2. The van der Waals surface area contributed by atoms with Crippen LogP contribution in [-0.2, 0) is 0 Å². The van der Waals surface area contributed by atoms with E-state index in [9.17, 15) is 4.79 Å². The molecule has 1 saturated heterocycles. The number of methoxy groups -OCH3 is 1. The van der Waals surface area contributed by atoms with Crippen LogP contribution in [0.4, 0.5) is 5.69 Å². The van der Waals surface area contributed by atoms with Crippen molar-refractivity contribution < 1.29 is 9.53 Å². The van der Waals surface area contributed by atoms with Gasteiger partial charge in [-0.25, -0.2) is 0 Å². The highest BCUT2D eigenvalue weighted by Crippen LogP contribution is 2.27. The van der Waals surface area contributed by atoms with E-state index in [1.165, 1.54) is 0 Å². The summed E-state index contributed by atoms with van der Waals surface area (Å²) in [6.07, 6.45) is 5.26. The second kappa shape index (κ2) is 7.45. The van der Waals surface area contributed by atoms with Gasteiger partial charge in [-0.05, 0) is 68.8 Å². The predicted octanol–water partition coefficient (Wildman–Crippen LogP) is 2.80. The molecule has 0 aliphatic carbocycles. The molecule has 126 valence electrons. The fraction of sp³-hybridized carbons (Fsp3) is 0.368. The molecule has 2 aromatic rings. The molecule has 5 nitrogen and oxygen atoms in total. The number of ether oxygens (including phenoxy) is 1. The quantitative estimate of drug-likeness (QED) is 0.939. The lowest BCUT2D eigenvalue weighted by Gasteiger charge is -2.35. The molecule has 24 heavy (non-hydrogen) atoms. The minimum absolute atomic E-state index is 0.0117. The molecule has 3 rings (SSSR count). The Kier molecular flexibility index (Phi) is 5.11. The maximum absolute atomic E-state index is 13.3. The number of nitrogens with zero attached hydrogens (tertiary/aromatic N) is 2. The van der Waals surface area contributed by atoms with Crippen LogP contribution in [0.1, 0.15) is 28.8 Å². The number of hydrogen-bond acceptors (Lipinski definition) is 4. The van der Waals surface area contributed by atoms with E-state index in [-0.39, 0.29) is 11.9 Å². The minimum atomic E-state index is 0.0117. The van der Waals surface area contributed by atoms with Gasteiger partial charge in [0, 0.05) is 24.1 Å². The fourth-order valence-corrected chi connectivity index (χ4v) is 3.12. The third-order valence-electron chi connectivity index (χ3n) is 4.51. The molecule has 0 bridgehead atoms. The van der Waals surface area contributed by atoms with E-state index >= 15 is 0 Å². The second-order valence-electron chi connectivity index (χ2n) is 6.04. The maximum atomic E-state index is 13.3. The van der Waals surface area contributed by atoms with Gasteiger partial charge in [0.2, 0.25) is 0 Å². The standard InChI is InChI=1S/C19H23N3O2/c1-14-7-10-21-13-18(14)19(23)22(16-8-11-20-12-9-16)15-3-5-17(24-2)6-4-15/h3-7,10,13,16,20H,8-9,11-12H2,1-2H3. The van der Waals surface area contributed by atoms with E-state index in [0.29, 0.717) is 5.56 Å². The number of aryl methyl sites for hydroxylation is 1. The molecule has 0 unspecified atom stereocenters. The number of aromatic nitrogens is 1. The van der Waals surface area contributed by atoms with Crippen molar-refractivity contribution in [1.29, 1.82) is 0 Å². The topological polar surface area (TPSA) is 54.5 Å². The molecule has 5 heteroatoms. The van der Waals surface area contributed by atoms with Crippen LogP contribution in [0.2, 0.25) is 0 Å². The van der Waals surface area contributed by atoms with Crippen LogP contribution in [0.5, 0.6) is 5.75 Å². The molecule has 1 N–H and O–H groups in total. The van der Waals surface area contributed by atoms with Crippen LogP contribution in [-0.4, -0.2) is 37.1 Å². The Morgan fingerprint density at radius 3 is 2.54 bits per heavy atom. The van der Waals surface area contributed by atoms with Gasteiger partial charge in [-0.15, -0.1) is 0 Å². The van der Waals surface area contributed by atoms with Gasteiger partial charge in [0.25, 0.3) is 5.91 Å². The highest BCUT2D eigenvalue weighted by molar-refractivity contribution is 6.07. The van der Waals surface area contributed by atoms with Gasteiger partial charge in [0.1, 0.15) is 5.75 Å². The fourth-order valence-electron chi connectivity index (χ4n) is 3.12. The van der Waals surface area contributed by atoms with Crippen LogP contribution in [0, 0.1) is 6.92 Å². The van der Waals surface area contributed by atoms with E-state index in [4.69, 9.17) is 4.74 Å². The van der Waals surface area contributed by atoms with Crippen LogP contribution in [0.25, 0.3) is 0 Å². The van der Waals surface area contributed by atoms with Crippen molar-refractivity contribution in [3.05, 3.63) is 53.9 Å². The van der Waals surface area contributed by atoms with E-state index in [1.807, 2.05) is 42.2 Å². The lowest BCUT2D eigenvalue weighted by atomic mass is 10.0. The highest BCUT2D eigenvalue weighted by atomic mass is 16.5. The molecule has 1 aromatic carbocycles. The SMILES string of the molecule is COc1ccc(N(C(=O)c2cnccc2C)C2CCNCC2)cc1. The van der Waals surface area contributed by atoms with Gasteiger partial charge in [-0.3, -0.25) is 9.78 Å². The summed E-state index contributed by atoms with van der Waals surface area (Å²) < 4.78 is 5.24. The second-order valence-corrected chi connectivity index (χ2v) is 6.04. The van der Waals surface area contributed by atoms with Gasteiger partial charge < -0.3 is 15.0 Å². The molecule has 0 spiro atoms. The summed E-state index contributed by atoms with van der Waals surface area (Å²) in [5.41, 5.74) is 2.50. The Hall–Kier alpha value is -2.40. The van der Waals surface area contributed by atoms with E-state index < -0.39 is 0 Å². The van der Waals surface area contributed by atoms with Crippen molar-refractivity contribution in [2.24, 2.45) is 0 Å². The Balaban J connectivity index is 1.97. The molecule has 2 heterocycles. The summed E-state index contributed by atoms with van der Waals surface area (Å²) in [4.78, 5) is 19.3. The summed E-state index contributed by atoms with van der Waals surface area (Å²) in [6, 6.07) is 9.75. The molecule has 1 aliphatic rings. The van der Waals surface area contributed by atoms with Crippen LogP contribution < -0.4 is 15.0 Å². The molecule has 1 aliphatic heterocycles. The number of nitrogens with one attached hydrogen (secondary N) is 1. The minimum Gasteiger partial charge on any atom is -0.497 e. The molecule has 0 atom stereocenters. The average Bonchev–Trinajstić information content (AvgIpc) is 2.64. The number of carbonyl (C=O) groups excluding carboxylic acids is 1. The lowest BCUT2D eigenvalue weighted by molar-refractivity contribution is 0.0971. The van der Waals surface area contributed by atoms with Crippen molar-refractivity contribution in [2.75, 3.05) is 25.1 Å². The molecular formula is C19H23N3O2. The molecule has 1 amide bonds. The Morgan fingerprint density at radius 1 is 1.21 bits per heavy atom. The number of rotatable bonds is 4. The van der Waals surface area contributed by atoms with Gasteiger partial charge >= 0.3 is 0 Å². The highest BCUT2D eigenvalue weighted by Gasteiger charge is 2.28. The molecule has 1 fully saturated rings. The number of amides is 1. The van der Waals surface area contributed by atoms with E-state index in [2.05, 4.69) is 10.3 Å². The number of anilines is 1. The van der Waals surface area contributed by atoms with Crippen molar-refractivity contribution >= 4 is 11.6 Å². The first-order chi connectivity index (χ1) is 11.7. The van der Waals surface area contributed by atoms with Gasteiger partial charge in [0.15, 0.2) is 0 Å². The first-order valence-corrected chi connectivity index (χ1v) is 8.29. The third-order valence-corrected chi connectivity index (χ3v) is 4.51. The van der Waals surface area contributed by atoms with E-state index in [0.717, 1.165) is 42.9 Å². The Morgan fingerprint density at radius 2 is 1.92 bits per heavy atom. The number of piperidine rings is 1. The number of pyridine rings is 1. The van der Waals surface area contributed by atoms with Crippen molar-refractivity contribution in [3.8, 4) is 5.75 Å². The van der Waals surface area contributed by atoms with Gasteiger partial charge in [-0.2, -0.15) is 0 Å². The first kappa shape index (κ1) is 16.5. The van der Waals surface area contributed by atoms with Gasteiger partial charge in [-0.1, -0.05) is 0 Å². The lowest BCUT2D eigenvalue weighted by Crippen LogP contribution is -2.46. The summed E-state index contributed by atoms with van der Waals surface area (Å²) in [5.74, 6) is 0.798. The Bertz CT molecular complexity index is 694. The normalized spacial score (nSPS) is 15.1. The Labute approximate surface area is 142 Å². The maximum Gasteiger partial charge on any atom is 0.260 e. The average molecular weight is 325 g/mol. The summed E-state index contributed by atoms with van der Waals surface area (Å²) in [7, 11) is 1.64. The van der Waals surface area contributed by atoms with Crippen LogP contribution >= 0.6 is 0 Å². The number of hydrogen-bond donors (Lipinski definition) is 1.